The summed E-state index contributed by atoms with van der Waals surface area (Å²) in [6, 6.07) is 0. The van der Waals surface area contributed by atoms with Crippen LogP contribution in [0.15, 0.2) is 34.7 Å². The average molecular weight is 291 g/mol. The monoisotopic (exact) mass is 290 g/mol. The van der Waals surface area contributed by atoms with Gasteiger partial charge in [-0.2, -0.15) is 0 Å². The summed E-state index contributed by atoms with van der Waals surface area (Å²) >= 11 is 5.97. The topological polar surface area (TPSA) is 0 Å². The quantitative estimate of drug-likeness (QED) is 0.296. The highest BCUT2D eigenvalue weighted by Gasteiger charge is 2.10. The first-order valence-corrected chi connectivity index (χ1v) is 8.26. The van der Waals surface area contributed by atoms with Crippen molar-refractivity contribution in [3.05, 3.63) is 34.7 Å². The van der Waals surface area contributed by atoms with Gasteiger partial charge in [0.1, 0.15) is 0 Å². The van der Waals surface area contributed by atoms with Crippen molar-refractivity contribution in [2.75, 3.05) is 0 Å². The number of hydrogen-bond acceptors (Lipinski definition) is 1. The molecule has 0 unspecified atom stereocenters. The van der Waals surface area contributed by atoms with Crippen LogP contribution in [0.2, 0.25) is 0 Å². The fourth-order valence-electron chi connectivity index (χ4n) is 2.18. The number of halogens is 2. The summed E-state index contributed by atoms with van der Waals surface area (Å²) in [5.74, 6) is 0.839. The number of hydrogen-bond donors (Lipinski definition) is 0. The lowest BCUT2D eigenvalue weighted by atomic mass is 10.1. The van der Waals surface area contributed by atoms with Crippen LogP contribution in [0.25, 0.3) is 0 Å². The Kier molecular flexibility index (Phi) is 8.17. The van der Waals surface area contributed by atoms with Gasteiger partial charge in [-0.25, -0.2) is 0 Å². The summed E-state index contributed by atoms with van der Waals surface area (Å²) in [7, 11) is 6.69. The zero-order valence-corrected chi connectivity index (χ0v) is 12.5. The van der Waals surface area contributed by atoms with E-state index in [2.05, 4.69) is 18.7 Å². The second-order valence-corrected chi connectivity index (χ2v) is 6.07. The molecule has 0 saturated heterocycles. The van der Waals surface area contributed by atoms with E-state index in [9.17, 15) is 0 Å². The Morgan fingerprint density at radius 1 is 1.35 bits per heavy atom. The van der Waals surface area contributed by atoms with Gasteiger partial charge in [0.15, 0.2) is 0 Å². The van der Waals surface area contributed by atoms with Gasteiger partial charge in [-0.15, -0.1) is 0 Å². The molecule has 96 valence electrons. The van der Waals surface area contributed by atoms with Gasteiger partial charge in [-0.05, 0) is 65.3 Å². The van der Waals surface area contributed by atoms with E-state index < -0.39 is 0 Å². The molecular weight excluding hydrogens is 271 g/mol. The summed E-state index contributed by atoms with van der Waals surface area (Å²) in [6.07, 6.45) is 15.3. The molecule has 0 aromatic carbocycles. The predicted octanol–water partition coefficient (Wildman–Crippen LogP) is 6.43. The van der Waals surface area contributed by atoms with Crippen LogP contribution in [0.1, 0.15) is 44.9 Å². The second kappa shape index (κ2) is 9.13. The molecule has 1 saturated carbocycles. The van der Waals surface area contributed by atoms with Gasteiger partial charge in [0, 0.05) is 0 Å². The maximum absolute atomic E-state index is 5.97. The molecule has 0 bridgehead atoms. The maximum atomic E-state index is 5.97. The van der Waals surface area contributed by atoms with Crippen LogP contribution in [-0.4, -0.2) is 0 Å². The van der Waals surface area contributed by atoms with E-state index in [0.29, 0.717) is 4.36 Å². The number of unbranched alkanes of at least 4 members (excludes halogenated alkanes) is 1. The normalized spacial score (nSPS) is 18.7. The van der Waals surface area contributed by atoms with Crippen molar-refractivity contribution in [2.45, 2.75) is 44.9 Å². The fourth-order valence-corrected chi connectivity index (χ4v) is 2.93. The van der Waals surface area contributed by atoms with Crippen LogP contribution in [0.5, 0.6) is 0 Å². The molecule has 0 spiro atoms. The van der Waals surface area contributed by atoms with Crippen molar-refractivity contribution < 1.29 is 0 Å². The molecule has 0 amide bonds. The van der Waals surface area contributed by atoms with E-state index >= 15 is 0 Å². The molecule has 0 heterocycles. The van der Waals surface area contributed by atoms with E-state index in [1.807, 2.05) is 0 Å². The first kappa shape index (κ1) is 15.2. The zero-order chi connectivity index (χ0) is 12.5. The highest BCUT2D eigenvalue weighted by molar-refractivity contribution is 8.25. The smallest absolute Gasteiger partial charge is 0.0923 e. The van der Waals surface area contributed by atoms with Gasteiger partial charge in [-0.1, -0.05) is 49.2 Å². The van der Waals surface area contributed by atoms with Gasteiger partial charge >= 0.3 is 0 Å². The molecule has 0 aromatic heterocycles. The molecule has 0 radical (unpaired) electrons. The van der Waals surface area contributed by atoms with Gasteiger partial charge in [0.2, 0.25) is 0 Å². The SMILES string of the molecule is C=C/C(CCC/C=C/C1CCCC1)=C(/Cl)SCl. The van der Waals surface area contributed by atoms with E-state index in [-0.39, 0.29) is 0 Å². The Balaban J connectivity index is 2.20. The Labute approximate surface area is 119 Å². The second-order valence-electron chi connectivity index (χ2n) is 4.45. The molecule has 0 nitrogen and oxygen atoms in total. The third kappa shape index (κ3) is 6.03. The lowest BCUT2D eigenvalue weighted by Crippen LogP contribution is -1.86. The van der Waals surface area contributed by atoms with Gasteiger partial charge in [-0.3, -0.25) is 0 Å². The minimum Gasteiger partial charge on any atom is -0.0987 e. The fraction of sp³-hybridized carbons (Fsp3) is 0.571. The van der Waals surface area contributed by atoms with E-state index in [1.54, 1.807) is 6.08 Å². The molecule has 0 aromatic rings. The molecular formula is C14H20Cl2S. The lowest BCUT2D eigenvalue weighted by molar-refractivity contribution is 0.680. The van der Waals surface area contributed by atoms with E-state index in [1.165, 1.54) is 25.7 Å². The van der Waals surface area contributed by atoms with Crippen LogP contribution in [-0.2, 0) is 0 Å². The van der Waals surface area contributed by atoms with Gasteiger partial charge < -0.3 is 0 Å². The molecule has 0 N–H and O–H groups in total. The van der Waals surface area contributed by atoms with Crippen LogP contribution in [0.4, 0.5) is 0 Å². The Hall–Kier alpha value is 0.150. The van der Waals surface area contributed by atoms with Gasteiger partial charge in [0.25, 0.3) is 0 Å². The minimum atomic E-state index is 0.654. The Morgan fingerprint density at radius 2 is 2.06 bits per heavy atom. The third-order valence-corrected chi connectivity index (χ3v) is 4.76. The maximum Gasteiger partial charge on any atom is 0.0923 e. The molecule has 1 aliphatic carbocycles. The van der Waals surface area contributed by atoms with Crippen LogP contribution in [0, 0.1) is 5.92 Å². The van der Waals surface area contributed by atoms with Crippen LogP contribution in [0.3, 0.4) is 0 Å². The van der Waals surface area contributed by atoms with E-state index in [0.717, 1.165) is 41.7 Å². The highest BCUT2D eigenvalue weighted by Crippen LogP contribution is 2.30. The first-order valence-electron chi connectivity index (χ1n) is 6.24. The summed E-state index contributed by atoms with van der Waals surface area (Å²) in [5, 5.41) is 0. The van der Waals surface area contributed by atoms with Crippen LogP contribution < -0.4 is 0 Å². The first-order chi connectivity index (χ1) is 8.27. The Bertz CT molecular complexity index is 289. The molecule has 0 atom stereocenters. The zero-order valence-electron chi connectivity index (χ0n) is 10.1. The van der Waals surface area contributed by atoms with E-state index in [4.69, 9.17) is 22.3 Å². The molecule has 17 heavy (non-hydrogen) atoms. The van der Waals surface area contributed by atoms with Crippen molar-refractivity contribution in [1.29, 1.82) is 0 Å². The van der Waals surface area contributed by atoms with Crippen molar-refractivity contribution >= 4 is 33.3 Å². The number of rotatable bonds is 7. The third-order valence-electron chi connectivity index (χ3n) is 3.19. The highest BCUT2D eigenvalue weighted by atomic mass is 35.7. The average Bonchev–Trinajstić information content (AvgIpc) is 2.86. The van der Waals surface area contributed by atoms with Gasteiger partial charge in [0.05, 0.1) is 4.36 Å². The predicted molar refractivity (Wildman–Crippen MR) is 81.5 cm³/mol. The molecule has 0 aliphatic heterocycles. The number of allylic oxidation sites excluding steroid dienone is 4. The molecule has 1 aliphatic rings. The molecule has 1 rings (SSSR count). The van der Waals surface area contributed by atoms with Crippen molar-refractivity contribution in [3.8, 4) is 0 Å². The summed E-state index contributed by atoms with van der Waals surface area (Å²) < 4.78 is 0.654. The standard InChI is InChI=1S/C14H20Cl2S/c1-2-13(14(15)17-16)11-5-3-4-8-12-9-6-7-10-12/h2,4,8,12H,1,3,5-7,9-11H2/b8-4+,14-13+. The molecule has 3 heteroatoms. The summed E-state index contributed by atoms with van der Waals surface area (Å²) in [5.41, 5.74) is 1.06. The van der Waals surface area contributed by atoms with Crippen LogP contribution >= 0.6 is 33.3 Å². The minimum absolute atomic E-state index is 0.654. The Morgan fingerprint density at radius 3 is 2.65 bits per heavy atom. The lowest BCUT2D eigenvalue weighted by Gasteiger charge is -2.03. The van der Waals surface area contributed by atoms with Crippen molar-refractivity contribution in [2.24, 2.45) is 5.92 Å². The molecule has 1 fully saturated rings. The van der Waals surface area contributed by atoms with Crippen molar-refractivity contribution in [1.82, 2.24) is 0 Å². The summed E-state index contributed by atoms with van der Waals surface area (Å²) in [4.78, 5) is 0. The largest absolute Gasteiger partial charge is 0.0987 e. The summed E-state index contributed by atoms with van der Waals surface area (Å²) in [6.45, 7) is 3.76. The van der Waals surface area contributed by atoms with Crippen molar-refractivity contribution in [3.63, 3.8) is 0 Å².